The minimum Gasteiger partial charge on any atom is -0.366 e. The first kappa shape index (κ1) is 7.47. The van der Waals surface area contributed by atoms with E-state index in [1.165, 1.54) is 6.07 Å². The maximum Gasteiger partial charge on any atom is 0.248 e. The minimum absolute atomic E-state index is 0.325. The number of hydrogen-bond acceptors (Lipinski definition) is 2. The zero-order valence-electron chi connectivity index (χ0n) is 5.70. The molecule has 1 radical (unpaired) electrons. The van der Waals surface area contributed by atoms with Gasteiger partial charge in [0.05, 0.1) is 0 Å². The number of hydrogen-bond donors (Lipinski definition) is 1. The average Bonchev–Trinajstić information content (AvgIpc) is 2.05. The van der Waals surface area contributed by atoms with Crippen LogP contribution in [0.1, 0.15) is 15.9 Å². The molecule has 1 rings (SSSR count). The third-order valence-corrected chi connectivity index (χ3v) is 1.26. The third-order valence-electron chi connectivity index (χ3n) is 1.26. The zero-order valence-corrected chi connectivity index (χ0v) is 5.70. The number of carbonyl (C=O) groups is 1. The Morgan fingerprint density at radius 3 is 2.73 bits per heavy atom. The van der Waals surface area contributed by atoms with E-state index >= 15 is 0 Å². The Morgan fingerprint density at radius 2 is 2.18 bits per heavy atom. The van der Waals surface area contributed by atoms with Gasteiger partial charge in [0, 0.05) is 11.1 Å². The van der Waals surface area contributed by atoms with Crippen molar-refractivity contribution in [3.05, 3.63) is 35.4 Å². The van der Waals surface area contributed by atoms with E-state index in [-0.39, 0.29) is 0 Å². The quantitative estimate of drug-likeness (QED) is 0.653. The monoisotopic (exact) mass is 148 g/mol. The summed E-state index contributed by atoms with van der Waals surface area (Å²) in [6.07, 6.45) is 1.66. The van der Waals surface area contributed by atoms with Crippen LogP contribution in [0.4, 0.5) is 0 Å². The summed E-state index contributed by atoms with van der Waals surface area (Å²) in [7, 11) is 0. The summed E-state index contributed by atoms with van der Waals surface area (Å²) in [5.74, 6) is -0.540. The Labute approximate surface area is 63.8 Å². The average molecular weight is 148 g/mol. The van der Waals surface area contributed by atoms with Crippen molar-refractivity contribution in [2.24, 2.45) is 5.73 Å². The molecule has 0 aliphatic heterocycles. The van der Waals surface area contributed by atoms with E-state index in [2.05, 4.69) is 0 Å². The number of amides is 1. The molecule has 0 bridgehead atoms. The molecule has 3 heteroatoms. The van der Waals surface area contributed by atoms with Crippen LogP contribution >= 0.6 is 0 Å². The van der Waals surface area contributed by atoms with Crippen molar-refractivity contribution in [1.82, 2.24) is 0 Å². The summed E-state index contributed by atoms with van der Waals surface area (Å²) >= 11 is 0. The molecular weight excluding hydrogens is 142 g/mol. The third kappa shape index (κ3) is 1.64. The number of rotatable bonds is 2. The van der Waals surface area contributed by atoms with Gasteiger partial charge in [-0.3, -0.25) is 9.59 Å². The van der Waals surface area contributed by atoms with Crippen molar-refractivity contribution >= 4 is 12.2 Å². The molecular formula is C8H6NO2. The predicted molar refractivity (Wildman–Crippen MR) is 39.8 cm³/mol. The van der Waals surface area contributed by atoms with Gasteiger partial charge in [0.1, 0.15) is 0 Å². The molecule has 1 aromatic carbocycles. The smallest absolute Gasteiger partial charge is 0.248 e. The van der Waals surface area contributed by atoms with Gasteiger partial charge < -0.3 is 5.73 Å². The van der Waals surface area contributed by atoms with Gasteiger partial charge in [-0.05, 0) is 12.1 Å². The molecule has 0 aromatic heterocycles. The fraction of sp³-hybridized carbons (Fsp3) is 0. The number of nitrogens with two attached hydrogens (primary N) is 1. The van der Waals surface area contributed by atoms with Crippen molar-refractivity contribution in [3.8, 4) is 0 Å². The molecule has 0 unspecified atom stereocenters. The molecule has 0 heterocycles. The molecule has 1 aromatic rings. The summed E-state index contributed by atoms with van der Waals surface area (Å²) in [5.41, 5.74) is 5.63. The first-order valence-corrected chi connectivity index (χ1v) is 3.02. The van der Waals surface area contributed by atoms with Gasteiger partial charge in [-0.25, -0.2) is 0 Å². The molecule has 0 fully saturated rings. The van der Waals surface area contributed by atoms with Crippen LogP contribution in [0.2, 0.25) is 0 Å². The largest absolute Gasteiger partial charge is 0.366 e. The van der Waals surface area contributed by atoms with E-state index in [0.29, 0.717) is 11.1 Å². The van der Waals surface area contributed by atoms with Crippen LogP contribution in [-0.2, 0) is 4.79 Å². The van der Waals surface area contributed by atoms with Crippen molar-refractivity contribution in [3.63, 3.8) is 0 Å². The molecule has 0 aliphatic rings. The molecule has 0 saturated carbocycles. The summed E-state index contributed by atoms with van der Waals surface area (Å²) in [5, 5.41) is 0. The molecule has 3 nitrogen and oxygen atoms in total. The normalized spacial score (nSPS) is 9.09. The highest BCUT2D eigenvalue weighted by Gasteiger charge is 1.99. The van der Waals surface area contributed by atoms with E-state index in [0.717, 1.165) is 0 Å². The van der Waals surface area contributed by atoms with Crippen LogP contribution in [0.5, 0.6) is 0 Å². The topological polar surface area (TPSA) is 60.2 Å². The molecule has 11 heavy (non-hydrogen) atoms. The van der Waals surface area contributed by atoms with Crippen molar-refractivity contribution in [1.29, 1.82) is 0 Å². The Bertz CT molecular complexity index is 294. The van der Waals surface area contributed by atoms with Gasteiger partial charge >= 0.3 is 0 Å². The Hall–Kier alpha value is -1.64. The van der Waals surface area contributed by atoms with Gasteiger partial charge in [0.25, 0.3) is 0 Å². The first-order chi connectivity index (χ1) is 5.24. The zero-order chi connectivity index (χ0) is 8.27. The summed E-state index contributed by atoms with van der Waals surface area (Å²) in [4.78, 5) is 20.7. The van der Waals surface area contributed by atoms with E-state index < -0.39 is 5.91 Å². The summed E-state index contributed by atoms with van der Waals surface area (Å²) in [6.45, 7) is 0. The first-order valence-electron chi connectivity index (χ1n) is 3.02. The van der Waals surface area contributed by atoms with Gasteiger partial charge in [-0.15, -0.1) is 0 Å². The van der Waals surface area contributed by atoms with Crippen molar-refractivity contribution < 1.29 is 9.59 Å². The lowest BCUT2D eigenvalue weighted by atomic mass is 10.1. The highest BCUT2D eigenvalue weighted by molar-refractivity contribution is 5.94. The molecule has 0 aliphatic carbocycles. The molecule has 1 amide bonds. The van der Waals surface area contributed by atoms with Crippen LogP contribution in [0, 0.1) is 0 Å². The van der Waals surface area contributed by atoms with Crippen LogP contribution in [0.3, 0.4) is 0 Å². The van der Waals surface area contributed by atoms with E-state index in [4.69, 9.17) is 5.73 Å². The molecule has 0 saturated heterocycles. The van der Waals surface area contributed by atoms with Crippen molar-refractivity contribution in [2.45, 2.75) is 0 Å². The van der Waals surface area contributed by atoms with E-state index in [9.17, 15) is 9.59 Å². The Kier molecular flexibility index (Phi) is 2.01. The number of benzene rings is 1. The fourth-order valence-corrected chi connectivity index (χ4v) is 0.736. The SMILES string of the molecule is NC(=O)c1cccc([C]=O)c1. The maximum absolute atomic E-state index is 10.6. The molecule has 0 spiro atoms. The Balaban J connectivity index is 3.10. The van der Waals surface area contributed by atoms with Crippen LogP contribution in [0.25, 0.3) is 0 Å². The van der Waals surface area contributed by atoms with Crippen molar-refractivity contribution in [2.75, 3.05) is 0 Å². The molecule has 0 atom stereocenters. The highest BCUT2D eigenvalue weighted by Crippen LogP contribution is 2.01. The number of primary amides is 1. The van der Waals surface area contributed by atoms with Gasteiger partial charge in [0.2, 0.25) is 12.2 Å². The van der Waals surface area contributed by atoms with E-state index in [1.54, 1.807) is 24.5 Å². The second kappa shape index (κ2) is 2.96. The van der Waals surface area contributed by atoms with E-state index in [1.807, 2.05) is 0 Å². The lowest BCUT2D eigenvalue weighted by Gasteiger charge is -1.93. The lowest BCUT2D eigenvalue weighted by molar-refractivity contribution is 0.100. The number of carbonyl (C=O) groups excluding carboxylic acids is 2. The van der Waals surface area contributed by atoms with Gasteiger partial charge in [-0.1, -0.05) is 12.1 Å². The Morgan fingerprint density at radius 1 is 1.45 bits per heavy atom. The van der Waals surface area contributed by atoms with Crippen LogP contribution in [-0.4, -0.2) is 12.2 Å². The maximum atomic E-state index is 10.6. The lowest BCUT2D eigenvalue weighted by Crippen LogP contribution is -2.10. The summed E-state index contributed by atoms with van der Waals surface area (Å²) < 4.78 is 0. The fourth-order valence-electron chi connectivity index (χ4n) is 0.736. The standard InChI is InChI=1S/C8H6NO2/c9-8(11)7-3-1-2-6(4-7)5-10/h1-4H,(H2,9,11). The minimum atomic E-state index is -0.540. The second-order valence-corrected chi connectivity index (χ2v) is 2.05. The molecule has 2 N–H and O–H groups in total. The van der Waals surface area contributed by atoms with Crippen LogP contribution in [0.15, 0.2) is 24.3 Å². The van der Waals surface area contributed by atoms with Gasteiger partial charge in [0.15, 0.2) is 0 Å². The highest BCUT2D eigenvalue weighted by atomic mass is 16.1. The summed E-state index contributed by atoms with van der Waals surface area (Å²) in [6, 6.07) is 6.08. The van der Waals surface area contributed by atoms with Gasteiger partial charge in [-0.2, -0.15) is 0 Å². The molecule has 55 valence electrons. The van der Waals surface area contributed by atoms with Crippen LogP contribution < -0.4 is 5.73 Å². The predicted octanol–water partition coefficient (Wildman–Crippen LogP) is 0.243. The second-order valence-electron chi connectivity index (χ2n) is 2.05.